The van der Waals surface area contributed by atoms with E-state index in [1.54, 1.807) is 0 Å². The first-order valence-corrected chi connectivity index (χ1v) is 12.5. The second-order valence-corrected chi connectivity index (χ2v) is 11.7. The van der Waals surface area contributed by atoms with Crippen molar-refractivity contribution >= 4 is 23.5 Å². The molecule has 7 heteroatoms. The zero-order chi connectivity index (χ0) is 24.5. The molecule has 1 aromatic carbocycles. The molecule has 0 heterocycles. The van der Waals surface area contributed by atoms with Crippen LogP contribution in [0.15, 0.2) is 18.2 Å². The minimum atomic E-state index is -0.621. The average Bonchev–Trinajstić information content (AvgIpc) is 2.74. The lowest BCUT2D eigenvalue weighted by Crippen LogP contribution is -2.48. The van der Waals surface area contributed by atoms with E-state index in [-0.39, 0.29) is 23.3 Å². The molecule has 4 aliphatic rings. The van der Waals surface area contributed by atoms with E-state index in [1.807, 2.05) is 18.2 Å². The Hall–Kier alpha value is -2.57. The van der Waals surface area contributed by atoms with Gasteiger partial charge in [0, 0.05) is 6.42 Å². The van der Waals surface area contributed by atoms with Crippen LogP contribution in [0.5, 0.6) is 5.75 Å². The minimum absolute atomic E-state index is 0.0907. The normalized spacial score (nSPS) is 27.2. The predicted octanol–water partition coefficient (Wildman–Crippen LogP) is 4.20. The molecule has 4 saturated carbocycles. The zero-order valence-corrected chi connectivity index (χ0v) is 20.9. The van der Waals surface area contributed by atoms with Gasteiger partial charge in [-0.1, -0.05) is 26.8 Å². The monoisotopic (exact) mass is 470 g/mol. The maximum absolute atomic E-state index is 12.6. The third-order valence-corrected chi connectivity index (χ3v) is 7.83. The van der Waals surface area contributed by atoms with E-state index in [0.29, 0.717) is 17.9 Å². The smallest absolute Gasteiger partial charge is 0.325 e. The van der Waals surface area contributed by atoms with Crippen molar-refractivity contribution in [3.63, 3.8) is 0 Å². The van der Waals surface area contributed by atoms with Gasteiger partial charge in [0.05, 0.1) is 12.8 Å². The summed E-state index contributed by atoms with van der Waals surface area (Å²) in [5, 5.41) is 5.46. The number of ether oxygens (including phenoxy) is 2. The maximum Gasteiger partial charge on any atom is 0.325 e. The van der Waals surface area contributed by atoms with Gasteiger partial charge in [0.1, 0.15) is 12.3 Å². The summed E-state index contributed by atoms with van der Waals surface area (Å²) in [4.78, 5) is 37.1. The number of nitrogens with one attached hydrogen (secondary N) is 2. The number of amides is 2. The van der Waals surface area contributed by atoms with Gasteiger partial charge in [-0.05, 0) is 84.8 Å². The van der Waals surface area contributed by atoms with E-state index in [0.717, 1.165) is 42.6 Å². The van der Waals surface area contributed by atoms with Crippen LogP contribution in [0.25, 0.3) is 0 Å². The second-order valence-electron chi connectivity index (χ2n) is 11.7. The van der Waals surface area contributed by atoms with Crippen LogP contribution in [0, 0.1) is 23.2 Å². The molecule has 4 bridgehead atoms. The molecule has 0 aromatic heterocycles. The zero-order valence-electron chi connectivity index (χ0n) is 20.9. The quantitative estimate of drug-likeness (QED) is 0.556. The minimum Gasteiger partial charge on any atom is -0.495 e. The number of rotatable bonds is 8. The molecule has 1 aromatic rings. The Labute approximate surface area is 202 Å². The van der Waals surface area contributed by atoms with Gasteiger partial charge < -0.3 is 20.1 Å². The third kappa shape index (κ3) is 5.73. The van der Waals surface area contributed by atoms with Crippen molar-refractivity contribution in [3.8, 4) is 5.75 Å². The summed E-state index contributed by atoms with van der Waals surface area (Å²) >= 11 is 0. The number of hydrogen-bond donors (Lipinski definition) is 2. The van der Waals surface area contributed by atoms with Crippen LogP contribution in [-0.2, 0) is 24.5 Å². The number of carbonyl (C=O) groups excluding carboxylic acids is 3. The standard InChI is InChI=1S/C27H38N2O5/c1-26(2,3)20-5-6-22(33-4)21(10-20)29-24(31)16-34-25(32)15-28-23(30)14-27-11-17-7-18(12-27)9-19(8-17)13-27/h5-6,10,17-19H,7-9,11-16H2,1-4H3,(H,28,30)(H,29,31). The van der Waals surface area contributed by atoms with Crippen LogP contribution >= 0.6 is 0 Å². The van der Waals surface area contributed by atoms with Crippen molar-refractivity contribution < 1.29 is 23.9 Å². The molecule has 7 nitrogen and oxygen atoms in total. The van der Waals surface area contributed by atoms with E-state index >= 15 is 0 Å². The van der Waals surface area contributed by atoms with E-state index in [2.05, 4.69) is 31.4 Å². The highest BCUT2D eigenvalue weighted by atomic mass is 16.5. The molecule has 34 heavy (non-hydrogen) atoms. The third-order valence-electron chi connectivity index (χ3n) is 7.83. The highest BCUT2D eigenvalue weighted by molar-refractivity contribution is 5.94. The van der Waals surface area contributed by atoms with Crippen molar-refractivity contribution in [1.29, 1.82) is 0 Å². The fourth-order valence-corrected chi connectivity index (χ4v) is 6.74. The van der Waals surface area contributed by atoms with Gasteiger partial charge in [-0.3, -0.25) is 14.4 Å². The van der Waals surface area contributed by atoms with Crippen molar-refractivity contribution in [2.24, 2.45) is 23.2 Å². The first-order chi connectivity index (χ1) is 16.0. The lowest BCUT2D eigenvalue weighted by atomic mass is 9.49. The number of carbonyl (C=O) groups is 3. The summed E-state index contributed by atoms with van der Waals surface area (Å²) in [5.41, 5.74) is 1.61. The summed E-state index contributed by atoms with van der Waals surface area (Å²) in [6, 6.07) is 5.63. The Morgan fingerprint density at radius 3 is 2.18 bits per heavy atom. The van der Waals surface area contributed by atoms with Gasteiger partial charge in [-0.15, -0.1) is 0 Å². The Kier molecular flexibility index (Phi) is 6.92. The number of anilines is 1. The van der Waals surface area contributed by atoms with Gasteiger partial charge in [-0.25, -0.2) is 0 Å². The van der Waals surface area contributed by atoms with Gasteiger partial charge in [0.2, 0.25) is 5.91 Å². The summed E-state index contributed by atoms with van der Waals surface area (Å²) in [6.45, 7) is 5.60. The summed E-state index contributed by atoms with van der Waals surface area (Å²) in [5.74, 6) is 1.71. The topological polar surface area (TPSA) is 93.7 Å². The second kappa shape index (κ2) is 9.59. The van der Waals surface area contributed by atoms with E-state index < -0.39 is 18.5 Å². The summed E-state index contributed by atoms with van der Waals surface area (Å²) < 4.78 is 10.4. The molecule has 5 rings (SSSR count). The molecule has 0 aliphatic heterocycles. The number of methoxy groups -OCH3 is 1. The van der Waals surface area contributed by atoms with Gasteiger partial charge >= 0.3 is 5.97 Å². The Morgan fingerprint density at radius 2 is 1.62 bits per heavy atom. The maximum atomic E-state index is 12.6. The lowest BCUT2D eigenvalue weighted by molar-refractivity contribution is -0.147. The molecule has 2 N–H and O–H groups in total. The van der Waals surface area contributed by atoms with Gasteiger partial charge in [0.25, 0.3) is 5.91 Å². The lowest BCUT2D eigenvalue weighted by Gasteiger charge is -2.56. The first-order valence-electron chi connectivity index (χ1n) is 12.5. The van der Waals surface area contributed by atoms with Crippen molar-refractivity contribution in [2.45, 2.75) is 71.1 Å². The highest BCUT2D eigenvalue weighted by Crippen LogP contribution is 2.61. The Balaban J connectivity index is 1.21. The molecule has 0 spiro atoms. The Bertz CT molecular complexity index is 914. The van der Waals surface area contributed by atoms with Crippen molar-refractivity contribution in [1.82, 2.24) is 5.32 Å². The van der Waals surface area contributed by atoms with Crippen LogP contribution in [-0.4, -0.2) is 38.0 Å². The number of benzene rings is 1. The van der Waals surface area contributed by atoms with Crippen LogP contribution in [0.1, 0.15) is 71.3 Å². The average molecular weight is 471 g/mol. The number of esters is 1. The van der Waals surface area contributed by atoms with Crippen molar-refractivity contribution in [2.75, 3.05) is 25.6 Å². The molecule has 4 aliphatic carbocycles. The van der Waals surface area contributed by atoms with Crippen molar-refractivity contribution in [3.05, 3.63) is 23.8 Å². The molecule has 0 atom stereocenters. The van der Waals surface area contributed by atoms with E-state index in [4.69, 9.17) is 9.47 Å². The largest absolute Gasteiger partial charge is 0.495 e. The Morgan fingerprint density at radius 1 is 1.00 bits per heavy atom. The predicted molar refractivity (Wildman–Crippen MR) is 130 cm³/mol. The van der Waals surface area contributed by atoms with E-state index in [9.17, 15) is 14.4 Å². The summed E-state index contributed by atoms with van der Waals surface area (Å²) in [6.07, 6.45) is 7.95. The number of hydrogen-bond acceptors (Lipinski definition) is 5. The van der Waals surface area contributed by atoms with Crippen LogP contribution < -0.4 is 15.4 Å². The molecule has 4 fully saturated rings. The van der Waals surface area contributed by atoms with Crippen LogP contribution in [0.3, 0.4) is 0 Å². The summed E-state index contributed by atoms with van der Waals surface area (Å²) in [7, 11) is 1.54. The van der Waals surface area contributed by atoms with Crippen LogP contribution in [0.2, 0.25) is 0 Å². The van der Waals surface area contributed by atoms with Gasteiger partial charge in [0.15, 0.2) is 6.61 Å². The highest BCUT2D eigenvalue weighted by Gasteiger charge is 2.51. The molecule has 0 unspecified atom stereocenters. The molecule has 0 saturated heterocycles. The molecule has 186 valence electrons. The fraction of sp³-hybridized carbons (Fsp3) is 0.667. The van der Waals surface area contributed by atoms with E-state index in [1.165, 1.54) is 26.4 Å². The van der Waals surface area contributed by atoms with Gasteiger partial charge in [-0.2, -0.15) is 0 Å². The molecule has 2 amide bonds. The molecule has 0 radical (unpaired) electrons. The SMILES string of the molecule is COc1ccc(C(C)(C)C)cc1NC(=O)COC(=O)CNC(=O)CC12CC3CC(CC(C3)C1)C2. The van der Waals surface area contributed by atoms with Crippen LogP contribution in [0.4, 0.5) is 5.69 Å². The fourth-order valence-electron chi connectivity index (χ4n) is 6.74. The molecular weight excluding hydrogens is 432 g/mol. The first kappa shape index (κ1) is 24.6. The molecular formula is C27H38N2O5.